The van der Waals surface area contributed by atoms with Crippen LogP contribution in [0.3, 0.4) is 0 Å². The molecule has 1 fully saturated rings. The first-order chi connectivity index (χ1) is 13.0. The number of hydrogen-bond acceptors (Lipinski definition) is 4. The first-order valence-electron chi connectivity index (χ1n) is 9.17. The van der Waals surface area contributed by atoms with E-state index in [1.165, 1.54) is 0 Å². The van der Waals surface area contributed by atoms with Gasteiger partial charge in [0.25, 0.3) is 5.91 Å². The number of nitrogens with zero attached hydrogens (tertiary/aromatic N) is 4. The van der Waals surface area contributed by atoms with Crippen LogP contribution in [0, 0.1) is 0 Å². The van der Waals surface area contributed by atoms with Gasteiger partial charge in [-0.25, -0.2) is 4.99 Å². The molecule has 0 unspecified atom stereocenters. The highest BCUT2D eigenvalue weighted by atomic mass is 16.3. The molecule has 0 spiro atoms. The highest BCUT2D eigenvalue weighted by Gasteiger charge is 2.19. The minimum absolute atomic E-state index is 0.0678. The number of phenolic OH excluding ortho intramolecular Hbond substituents is 1. The number of phenols is 1. The molecule has 0 atom stereocenters. The molecule has 2 aromatic rings. The van der Waals surface area contributed by atoms with Crippen molar-refractivity contribution in [3.63, 3.8) is 0 Å². The normalized spacial score (nSPS) is 15.0. The molecule has 1 aliphatic rings. The van der Waals surface area contributed by atoms with Crippen molar-refractivity contribution in [3.8, 4) is 5.75 Å². The van der Waals surface area contributed by atoms with Crippen LogP contribution in [-0.2, 0) is 0 Å². The number of hydrogen-bond donors (Lipinski definition) is 1. The summed E-state index contributed by atoms with van der Waals surface area (Å²) in [7, 11) is 3.94. The number of para-hydroxylation sites is 2. The fourth-order valence-corrected chi connectivity index (χ4v) is 3.07. The summed E-state index contributed by atoms with van der Waals surface area (Å²) in [6, 6.07) is 14.7. The van der Waals surface area contributed by atoms with Crippen molar-refractivity contribution < 1.29 is 9.90 Å². The first-order valence-corrected chi connectivity index (χ1v) is 9.17. The van der Waals surface area contributed by atoms with E-state index < -0.39 is 0 Å². The molecular weight excluding hydrogens is 340 g/mol. The van der Waals surface area contributed by atoms with Crippen molar-refractivity contribution in [2.45, 2.75) is 6.42 Å². The number of aliphatic imine (C=N–C) groups is 1. The monoisotopic (exact) mass is 366 g/mol. The van der Waals surface area contributed by atoms with Gasteiger partial charge in [-0.15, -0.1) is 0 Å². The second-order valence-electron chi connectivity index (χ2n) is 6.86. The third-order valence-corrected chi connectivity index (χ3v) is 4.67. The van der Waals surface area contributed by atoms with E-state index in [0.29, 0.717) is 12.2 Å². The molecule has 1 heterocycles. The quantitative estimate of drug-likeness (QED) is 0.668. The maximum absolute atomic E-state index is 12.9. The largest absolute Gasteiger partial charge is 0.506 e. The Balaban J connectivity index is 1.63. The molecule has 1 amide bonds. The number of amides is 1. The van der Waals surface area contributed by atoms with Crippen LogP contribution in [0.25, 0.3) is 0 Å². The van der Waals surface area contributed by atoms with Crippen LogP contribution in [0.1, 0.15) is 16.8 Å². The van der Waals surface area contributed by atoms with Crippen LogP contribution < -0.4 is 4.90 Å². The van der Waals surface area contributed by atoms with Crippen LogP contribution in [-0.4, -0.2) is 67.4 Å². The summed E-state index contributed by atoms with van der Waals surface area (Å²) in [6.07, 6.45) is 2.64. The highest BCUT2D eigenvalue weighted by Crippen LogP contribution is 2.24. The maximum Gasteiger partial charge on any atom is 0.253 e. The minimum Gasteiger partial charge on any atom is -0.506 e. The Hall–Kier alpha value is -3.02. The molecule has 27 heavy (non-hydrogen) atoms. The Morgan fingerprint density at radius 1 is 1.07 bits per heavy atom. The molecule has 0 bridgehead atoms. The van der Waals surface area contributed by atoms with Gasteiger partial charge in [-0.2, -0.15) is 0 Å². The van der Waals surface area contributed by atoms with E-state index in [0.717, 1.165) is 37.3 Å². The van der Waals surface area contributed by atoms with Gasteiger partial charge in [0.2, 0.25) is 0 Å². The second-order valence-corrected chi connectivity index (χ2v) is 6.86. The summed E-state index contributed by atoms with van der Waals surface area (Å²) in [5.41, 5.74) is 2.29. The summed E-state index contributed by atoms with van der Waals surface area (Å²) in [4.78, 5) is 23.2. The lowest BCUT2D eigenvalue weighted by molar-refractivity contribution is 0.0764. The number of rotatable bonds is 4. The van der Waals surface area contributed by atoms with Gasteiger partial charge < -0.3 is 19.8 Å². The lowest BCUT2D eigenvalue weighted by Gasteiger charge is -2.22. The summed E-state index contributed by atoms with van der Waals surface area (Å²) in [5.74, 6) is 0.236. The number of carbonyl (C=O) groups excluding carboxylic acids is 1. The fraction of sp³-hybridized carbons (Fsp3) is 0.333. The average molecular weight is 366 g/mol. The van der Waals surface area contributed by atoms with Crippen molar-refractivity contribution >= 4 is 23.6 Å². The van der Waals surface area contributed by atoms with Gasteiger partial charge in [0, 0.05) is 51.5 Å². The van der Waals surface area contributed by atoms with Crippen molar-refractivity contribution in [1.29, 1.82) is 0 Å². The molecule has 3 rings (SSSR count). The molecule has 1 aliphatic heterocycles. The smallest absolute Gasteiger partial charge is 0.253 e. The zero-order chi connectivity index (χ0) is 19.2. The van der Waals surface area contributed by atoms with Crippen molar-refractivity contribution in [2.24, 2.45) is 4.99 Å². The van der Waals surface area contributed by atoms with Crippen LogP contribution in [0.5, 0.6) is 5.75 Å². The average Bonchev–Trinajstić information content (AvgIpc) is 2.92. The number of aromatic hydroxyl groups is 1. The predicted octanol–water partition coefficient (Wildman–Crippen LogP) is 2.97. The molecule has 6 nitrogen and oxygen atoms in total. The second kappa shape index (κ2) is 8.58. The van der Waals surface area contributed by atoms with Gasteiger partial charge in [-0.1, -0.05) is 18.2 Å². The van der Waals surface area contributed by atoms with Crippen LogP contribution in [0.15, 0.2) is 53.5 Å². The van der Waals surface area contributed by atoms with Gasteiger partial charge in [0.1, 0.15) is 11.4 Å². The van der Waals surface area contributed by atoms with Crippen molar-refractivity contribution in [3.05, 3.63) is 54.1 Å². The minimum atomic E-state index is 0.0678. The molecule has 0 aliphatic carbocycles. The topological polar surface area (TPSA) is 59.4 Å². The Kier molecular flexibility index (Phi) is 5.96. The molecule has 0 saturated carbocycles. The molecule has 1 saturated heterocycles. The Morgan fingerprint density at radius 2 is 1.89 bits per heavy atom. The van der Waals surface area contributed by atoms with Gasteiger partial charge in [-0.3, -0.25) is 4.79 Å². The lowest BCUT2D eigenvalue weighted by atomic mass is 10.1. The third-order valence-electron chi connectivity index (χ3n) is 4.67. The molecule has 142 valence electrons. The summed E-state index contributed by atoms with van der Waals surface area (Å²) in [6.45, 7) is 2.93. The van der Waals surface area contributed by atoms with Crippen molar-refractivity contribution in [2.75, 3.05) is 45.2 Å². The SMILES string of the molecule is CN(C)c1cccc(C(=O)N2CCCN(C=Nc3ccccc3O)CC2)c1. The molecule has 2 aromatic carbocycles. The maximum atomic E-state index is 12.9. The van der Waals surface area contributed by atoms with Gasteiger partial charge in [-0.05, 0) is 36.8 Å². The molecule has 0 aromatic heterocycles. The van der Waals surface area contributed by atoms with E-state index in [9.17, 15) is 9.90 Å². The molecule has 0 radical (unpaired) electrons. The van der Waals surface area contributed by atoms with Crippen LogP contribution in [0.4, 0.5) is 11.4 Å². The van der Waals surface area contributed by atoms with Crippen molar-refractivity contribution in [1.82, 2.24) is 9.80 Å². The summed E-state index contributed by atoms with van der Waals surface area (Å²) >= 11 is 0. The first kappa shape index (κ1) is 18.8. The third kappa shape index (κ3) is 4.78. The summed E-state index contributed by atoms with van der Waals surface area (Å²) < 4.78 is 0. The molecule has 6 heteroatoms. The Morgan fingerprint density at radius 3 is 2.67 bits per heavy atom. The fourth-order valence-electron chi connectivity index (χ4n) is 3.07. The Bertz CT molecular complexity index is 819. The predicted molar refractivity (Wildman–Crippen MR) is 109 cm³/mol. The molecular formula is C21H26N4O2. The van der Waals surface area contributed by atoms with Crippen LogP contribution in [0.2, 0.25) is 0 Å². The zero-order valence-electron chi connectivity index (χ0n) is 15.9. The van der Waals surface area contributed by atoms with Crippen LogP contribution >= 0.6 is 0 Å². The highest BCUT2D eigenvalue weighted by molar-refractivity contribution is 5.95. The number of anilines is 1. The Labute approximate surface area is 160 Å². The van der Waals surface area contributed by atoms with E-state index in [1.54, 1.807) is 24.5 Å². The van der Waals surface area contributed by atoms with Gasteiger partial charge in [0.05, 0.1) is 6.34 Å². The van der Waals surface area contributed by atoms with E-state index in [1.807, 2.05) is 54.2 Å². The summed E-state index contributed by atoms with van der Waals surface area (Å²) in [5, 5.41) is 9.81. The van der Waals surface area contributed by atoms with E-state index >= 15 is 0 Å². The van der Waals surface area contributed by atoms with E-state index in [-0.39, 0.29) is 11.7 Å². The van der Waals surface area contributed by atoms with Gasteiger partial charge in [0.15, 0.2) is 0 Å². The van der Waals surface area contributed by atoms with E-state index in [4.69, 9.17) is 0 Å². The van der Waals surface area contributed by atoms with E-state index in [2.05, 4.69) is 9.89 Å². The molecule has 1 N–H and O–H groups in total. The number of carbonyl (C=O) groups is 1. The lowest BCUT2D eigenvalue weighted by Crippen LogP contribution is -2.35. The van der Waals surface area contributed by atoms with Gasteiger partial charge >= 0.3 is 0 Å². The standard InChI is InChI=1S/C21H26N4O2/c1-23(2)18-8-5-7-17(15-18)21(27)25-12-6-11-24(13-14-25)16-22-19-9-3-4-10-20(19)26/h3-5,7-10,15-16,26H,6,11-14H2,1-2H3. The number of benzene rings is 2. The zero-order valence-corrected chi connectivity index (χ0v) is 15.9.